The number of sulfonamides is 1. The van der Waals surface area contributed by atoms with Crippen LogP contribution in [0.4, 0.5) is 11.4 Å². The number of ether oxygens (including phenoxy) is 1. The first-order valence-corrected chi connectivity index (χ1v) is 14.4. The maximum absolute atomic E-state index is 13.4. The monoisotopic (exact) mass is 542 g/mol. The van der Waals surface area contributed by atoms with Crippen LogP contribution in [0.3, 0.4) is 0 Å². The molecule has 37 heavy (non-hydrogen) atoms. The molecule has 3 aromatic rings. The van der Waals surface area contributed by atoms with Crippen molar-refractivity contribution in [3.63, 3.8) is 0 Å². The summed E-state index contributed by atoms with van der Waals surface area (Å²) in [7, 11) is -2.16. The fraction of sp³-hybridized carbons (Fsp3) is 0.360. The summed E-state index contributed by atoms with van der Waals surface area (Å²) in [5, 5.41) is 11.6. The molecule has 1 atom stereocenters. The largest absolute Gasteiger partial charge is 0.492 e. The lowest BCUT2D eigenvalue weighted by atomic mass is 9.86. The Kier molecular flexibility index (Phi) is 7.33. The van der Waals surface area contributed by atoms with Crippen LogP contribution in [0.1, 0.15) is 53.2 Å². The SMILES string of the molecule is COc1c(NC(=O)c2ccc(C)c(-n3cc(C4CN=CS4)nn3)c2)cc(C(C)(C)C)cc1NS(C)(=O)=O. The molecule has 2 heterocycles. The number of carbonyl (C=O) groups is 1. The van der Waals surface area contributed by atoms with Crippen molar-refractivity contribution in [2.45, 2.75) is 38.4 Å². The lowest BCUT2D eigenvalue weighted by Crippen LogP contribution is -2.18. The standard InChI is InChI=1S/C25H30N6O4S2/c1-15-7-8-16(9-21(15)31-13-20(28-30-31)22-12-26-14-36-22)24(32)27-18-10-17(25(2,3)4)11-19(23(18)35-5)29-37(6,33)34/h7-11,13-14,22,29H,12H2,1-6H3,(H,27,32). The molecule has 196 valence electrons. The van der Waals surface area contributed by atoms with Crippen molar-refractivity contribution in [1.29, 1.82) is 0 Å². The highest BCUT2D eigenvalue weighted by atomic mass is 32.2. The van der Waals surface area contributed by atoms with Crippen molar-refractivity contribution >= 4 is 44.6 Å². The molecule has 2 aromatic carbocycles. The second-order valence-corrected chi connectivity index (χ2v) is 12.7. The maximum atomic E-state index is 13.4. The van der Waals surface area contributed by atoms with Crippen molar-refractivity contribution in [3.8, 4) is 11.4 Å². The minimum atomic E-state index is -3.58. The number of hydrogen-bond donors (Lipinski definition) is 2. The Morgan fingerprint density at radius 2 is 1.92 bits per heavy atom. The average molecular weight is 543 g/mol. The second kappa shape index (κ2) is 10.2. The molecular formula is C25H30N6O4S2. The first-order valence-electron chi connectivity index (χ1n) is 11.5. The lowest BCUT2D eigenvalue weighted by Gasteiger charge is -2.24. The predicted octanol–water partition coefficient (Wildman–Crippen LogP) is 4.32. The van der Waals surface area contributed by atoms with Crippen LogP contribution in [0.25, 0.3) is 5.69 Å². The summed E-state index contributed by atoms with van der Waals surface area (Å²) in [6.07, 6.45) is 2.92. The molecule has 0 bridgehead atoms. The summed E-state index contributed by atoms with van der Waals surface area (Å²) in [6.45, 7) is 8.60. The van der Waals surface area contributed by atoms with Crippen molar-refractivity contribution in [1.82, 2.24) is 15.0 Å². The molecule has 10 nitrogen and oxygen atoms in total. The van der Waals surface area contributed by atoms with Gasteiger partial charge in [-0.15, -0.1) is 16.9 Å². The van der Waals surface area contributed by atoms with E-state index in [1.165, 1.54) is 7.11 Å². The molecule has 0 aliphatic carbocycles. The molecule has 2 N–H and O–H groups in total. The van der Waals surface area contributed by atoms with Crippen LogP contribution < -0.4 is 14.8 Å². The van der Waals surface area contributed by atoms with E-state index in [1.54, 1.807) is 40.7 Å². The lowest BCUT2D eigenvalue weighted by molar-refractivity contribution is 0.102. The van der Waals surface area contributed by atoms with Crippen LogP contribution in [0, 0.1) is 6.92 Å². The summed E-state index contributed by atoms with van der Waals surface area (Å²) >= 11 is 1.60. The zero-order valence-electron chi connectivity index (χ0n) is 21.6. The fourth-order valence-corrected chi connectivity index (χ4v) is 5.14. The Labute approximate surface area is 221 Å². The zero-order chi connectivity index (χ0) is 27.0. The van der Waals surface area contributed by atoms with E-state index in [9.17, 15) is 13.2 Å². The number of thioether (sulfide) groups is 1. The number of nitrogens with one attached hydrogen (secondary N) is 2. The van der Waals surface area contributed by atoms with E-state index in [2.05, 4.69) is 25.3 Å². The van der Waals surface area contributed by atoms with Gasteiger partial charge in [0.2, 0.25) is 10.0 Å². The Morgan fingerprint density at radius 3 is 2.54 bits per heavy atom. The van der Waals surface area contributed by atoms with E-state index in [0.717, 1.165) is 28.8 Å². The van der Waals surface area contributed by atoms with Crippen molar-refractivity contribution in [2.75, 3.05) is 29.9 Å². The van der Waals surface area contributed by atoms with Crippen LogP contribution in [-0.4, -0.2) is 54.8 Å². The van der Waals surface area contributed by atoms with E-state index in [1.807, 2.05) is 45.5 Å². The van der Waals surface area contributed by atoms with E-state index in [0.29, 0.717) is 17.8 Å². The van der Waals surface area contributed by atoms with Gasteiger partial charge in [-0.3, -0.25) is 14.5 Å². The molecule has 0 saturated heterocycles. The van der Waals surface area contributed by atoms with Crippen molar-refractivity contribution in [2.24, 2.45) is 4.99 Å². The first-order chi connectivity index (χ1) is 17.4. The summed E-state index contributed by atoms with van der Waals surface area (Å²) in [4.78, 5) is 17.6. The van der Waals surface area contributed by atoms with Crippen LogP contribution in [0.5, 0.6) is 5.75 Å². The summed E-state index contributed by atoms with van der Waals surface area (Å²) in [6, 6.07) is 8.83. The van der Waals surface area contributed by atoms with E-state index in [-0.39, 0.29) is 28.0 Å². The third-order valence-corrected chi connectivity index (χ3v) is 7.41. The number of rotatable bonds is 7. The summed E-state index contributed by atoms with van der Waals surface area (Å²) in [5.41, 5.74) is 5.81. The van der Waals surface area contributed by atoms with Crippen LogP contribution >= 0.6 is 11.8 Å². The average Bonchev–Trinajstić information content (AvgIpc) is 3.50. The number of methoxy groups -OCH3 is 1. The summed E-state index contributed by atoms with van der Waals surface area (Å²) < 4.78 is 33.7. The van der Waals surface area contributed by atoms with E-state index < -0.39 is 10.0 Å². The molecule has 1 amide bonds. The molecular weight excluding hydrogens is 512 g/mol. The fourth-order valence-electron chi connectivity index (χ4n) is 3.85. The molecule has 4 rings (SSSR count). The van der Waals surface area contributed by atoms with Gasteiger partial charge in [0, 0.05) is 5.56 Å². The minimum Gasteiger partial charge on any atom is -0.492 e. The van der Waals surface area contributed by atoms with Gasteiger partial charge in [-0.25, -0.2) is 13.1 Å². The molecule has 1 aromatic heterocycles. The number of hydrogen-bond acceptors (Lipinski definition) is 8. The molecule has 1 aliphatic rings. The summed E-state index contributed by atoms with van der Waals surface area (Å²) in [5.74, 6) is -0.160. The molecule has 0 saturated carbocycles. The highest BCUT2D eigenvalue weighted by Gasteiger charge is 2.23. The number of anilines is 2. The number of aromatic nitrogens is 3. The quantitative estimate of drug-likeness (QED) is 0.455. The third kappa shape index (κ3) is 6.13. The minimum absolute atomic E-state index is 0.137. The van der Waals surface area contributed by atoms with Gasteiger partial charge < -0.3 is 10.1 Å². The van der Waals surface area contributed by atoms with Crippen LogP contribution in [0.15, 0.2) is 41.5 Å². The molecule has 12 heteroatoms. The Morgan fingerprint density at radius 1 is 1.19 bits per heavy atom. The van der Waals surface area contributed by atoms with Gasteiger partial charge in [0.15, 0.2) is 5.75 Å². The molecule has 1 aliphatic heterocycles. The van der Waals surface area contributed by atoms with Gasteiger partial charge in [0.1, 0.15) is 0 Å². The van der Waals surface area contributed by atoms with E-state index >= 15 is 0 Å². The number of nitrogens with zero attached hydrogens (tertiary/aromatic N) is 4. The van der Waals surface area contributed by atoms with Crippen LogP contribution in [-0.2, 0) is 15.4 Å². The van der Waals surface area contributed by atoms with Crippen molar-refractivity contribution in [3.05, 3.63) is 58.9 Å². The van der Waals surface area contributed by atoms with Gasteiger partial charge in [-0.1, -0.05) is 32.1 Å². The predicted molar refractivity (Wildman–Crippen MR) is 148 cm³/mol. The molecule has 0 spiro atoms. The zero-order valence-corrected chi connectivity index (χ0v) is 23.2. The normalized spacial score (nSPS) is 15.6. The molecule has 0 radical (unpaired) electrons. The van der Waals surface area contributed by atoms with E-state index in [4.69, 9.17) is 4.74 Å². The number of carbonyl (C=O) groups excluding carboxylic acids is 1. The third-order valence-electron chi connectivity index (χ3n) is 5.83. The van der Waals surface area contributed by atoms with Crippen molar-refractivity contribution < 1.29 is 17.9 Å². The van der Waals surface area contributed by atoms with Gasteiger partial charge in [-0.2, -0.15) is 0 Å². The molecule has 1 unspecified atom stereocenters. The number of benzene rings is 2. The second-order valence-electron chi connectivity index (χ2n) is 9.87. The van der Waals surface area contributed by atoms with Gasteiger partial charge in [0.05, 0.1) is 59.7 Å². The van der Waals surface area contributed by atoms with Gasteiger partial charge in [0.25, 0.3) is 5.91 Å². The van der Waals surface area contributed by atoms with Crippen LogP contribution in [0.2, 0.25) is 0 Å². The Hall–Kier alpha value is -3.38. The topological polar surface area (TPSA) is 128 Å². The highest BCUT2D eigenvalue weighted by Crippen LogP contribution is 2.39. The number of amides is 1. The maximum Gasteiger partial charge on any atom is 0.255 e. The number of aryl methyl sites for hydroxylation is 1. The van der Waals surface area contributed by atoms with Gasteiger partial charge in [-0.05, 0) is 47.7 Å². The number of aliphatic imine (C=N–C) groups is 1. The Balaban J connectivity index is 1.68. The molecule has 0 fully saturated rings. The van der Waals surface area contributed by atoms with Gasteiger partial charge >= 0.3 is 0 Å². The smallest absolute Gasteiger partial charge is 0.255 e. The highest BCUT2D eigenvalue weighted by molar-refractivity contribution is 8.12. The first kappa shape index (κ1) is 26.7. The Bertz CT molecular complexity index is 1470.